The first-order chi connectivity index (χ1) is 16.8. The van der Waals surface area contributed by atoms with Gasteiger partial charge in [0.25, 0.3) is 0 Å². The highest BCUT2D eigenvalue weighted by Gasteiger charge is 2.23. The molecule has 1 aliphatic rings. The maximum atomic E-state index is 3.91. The molecule has 6 rings (SSSR count). The second-order valence-corrected chi connectivity index (χ2v) is 12.0. The Bertz CT molecular complexity index is 1720. The van der Waals surface area contributed by atoms with E-state index in [1.54, 1.807) is 0 Å². The molecule has 0 nitrogen and oxygen atoms in total. The van der Waals surface area contributed by atoms with Crippen LogP contribution in [0.5, 0.6) is 0 Å². The third-order valence-corrected chi connectivity index (χ3v) is 8.51. The Hall–Kier alpha value is -2.68. The average Bonchev–Trinajstić information content (AvgIpc) is 2.83. The van der Waals surface area contributed by atoms with Gasteiger partial charge in [0, 0.05) is 8.96 Å². The molecule has 0 heterocycles. The summed E-state index contributed by atoms with van der Waals surface area (Å²) in [6.45, 7) is 6.71. The van der Waals surface area contributed by atoms with Crippen LogP contribution in [-0.4, -0.2) is 0 Å². The molecular weight excluding hydrogens is 556 g/mol. The van der Waals surface area contributed by atoms with Crippen LogP contribution in [-0.2, 0) is 0 Å². The van der Waals surface area contributed by atoms with Gasteiger partial charge in [-0.3, -0.25) is 0 Å². The molecule has 2 heteroatoms. The summed E-state index contributed by atoms with van der Waals surface area (Å²) in [5.74, 6) is 0. The zero-order valence-electron chi connectivity index (χ0n) is 20.1. The molecule has 0 aliphatic heterocycles. The predicted molar refractivity (Wildman–Crippen MR) is 160 cm³/mol. The molecule has 0 aromatic heterocycles. The quantitative estimate of drug-likeness (QED) is 0.182. The molecule has 0 atom stereocenters. The molecule has 35 heavy (non-hydrogen) atoms. The molecule has 0 N–H and O–H groups in total. The van der Waals surface area contributed by atoms with Crippen LogP contribution in [0.3, 0.4) is 0 Å². The van der Waals surface area contributed by atoms with Crippen LogP contribution in [0, 0.1) is 12.3 Å². The molecule has 0 bridgehead atoms. The fourth-order valence-electron chi connectivity index (χ4n) is 5.42. The Morgan fingerprint density at radius 2 is 1.20 bits per heavy atom. The molecule has 1 aliphatic carbocycles. The van der Waals surface area contributed by atoms with Gasteiger partial charge >= 0.3 is 0 Å². The van der Waals surface area contributed by atoms with Crippen LogP contribution in [0.15, 0.2) is 100.0 Å². The van der Waals surface area contributed by atoms with Gasteiger partial charge in [0.1, 0.15) is 0 Å². The lowest BCUT2D eigenvalue weighted by Gasteiger charge is -2.26. The van der Waals surface area contributed by atoms with E-state index >= 15 is 0 Å². The first-order valence-electron chi connectivity index (χ1n) is 12.1. The number of fused-ring (bicyclic) bond motifs is 5. The van der Waals surface area contributed by atoms with Crippen LogP contribution in [0.25, 0.3) is 49.0 Å². The van der Waals surface area contributed by atoms with Crippen molar-refractivity contribution in [2.75, 3.05) is 0 Å². The van der Waals surface area contributed by atoms with Gasteiger partial charge in [-0.05, 0) is 97.1 Å². The van der Waals surface area contributed by atoms with E-state index in [-0.39, 0.29) is 5.41 Å². The van der Waals surface area contributed by atoms with Crippen molar-refractivity contribution >= 4 is 69.8 Å². The highest BCUT2D eigenvalue weighted by atomic mass is 79.9. The zero-order chi connectivity index (χ0) is 24.3. The van der Waals surface area contributed by atoms with Crippen molar-refractivity contribution in [3.8, 4) is 11.1 Å². The second kappa shape index (κ2) is 8.47. The molecule has 172 valence electrons. The first kappa shape index (κ1) is 22.8. The van der Waals surface area contributed by atoms with Gasteiger partial charge in [0.05, 0.1) is 0 Å². The van der Waals surface area contributed by atoms with Crippen LogP contribution in [0.1, 0.15) is 31.4 Å². The average molecular weight is 582 g/mol. The maximum absolute atomic E-state index is 3.91. The summed E-state index contributed by atoms with van der Waals surface area (Å²) in [7, 11) is 0. The van der Waals surface area contributed by atoms with Crippen LogP contribution < -0.4 is 0 Å². The van der Waals surface area contributed by atoms with Crippen molar-refractivity contribution in [1.82, 2.24) is 0 Å². The number of aryl methyl sites for hydroxylation is 1. The third-order valence-electron chi connectivity index (χ3n) is 7.19. The van der Waals surface area contributed by atoms with E-state index in [2.05, 4.69) is 144 Å². The molecule has 0 unspecified atom stereocenters. The summed E-state index contributed by atoms with van der Waals surface area (Å²) >= 11 is 7.75. The topological polar surface area (TPSA) is 0 Å². The normalized spacial score (nSPS) is 15.5. The number of hydrogen-bond acceptors (Lipinski definition) is 0. The molecular formula is C33H26Br2. The molecule has 0 amide bonds. The van der Waals surface area contributed by atoms with Gasteiger partial charge in [0.15, 0.2) is 0 Å². The van der Waals surface area contributed by atoms with Crippen molar-refractivity contribution in [2.45, 2.75) is 27.2 Å². The number of hydrogen-bond donors (Lipinski definition) is 0. The van der Waals surface area contributed by atoms with Crippen LogP contribution in [0.2, 0.25) is 0 Å². The second-order valence-electron chi connectivity index (χ2n) is 10.3. The van der Waals surface area contributed by atoms with Crippen molar-refractivity contribution in [1.29, 1.82) is 0 Å². The van der Waals surface area contributed by atoms with Gasteiger partial charge in [0.2, 0.25) is 0 Å². The van der Waals surface area contributed by atoms with Crippen molar-refractivity contribution in [2.24, 2.45) is 5.41 Å². The third kappa shape index (κ3) is 3.88. The smallest absolute Gasteiger partial charge is 0.0256 e. The Kier molecular flexibility index (Phi) is 5.51. The molecule has 0 radical (unpaired) electrons. The van der Waals surface area contributed by atoms with E-state index in [0.717, 1.165) is 10.9 Å². The van der Waals surface area contributed by atoms with E-state index in [0.29, 0.717) is 0 Å². The summed E-state index contributed by atoms with van der Waals surface area (Å²) in [5.41, 5.74) is 6.49. The summed E-state index contributed by atoms with van der Waals surface area (Å²) in [4.78, 5) is 0. The van der Waals surface area contributed by atoms with Gasteiger partial charge in [-0.25, -0.2) is 0 Å². The standard InChI is InChI=1S/C33H26Br2/c1-20-12-13-25(31(34)16-20)27-17-29-24-11-7-5-9-22(24)28(26-14-15-33(2,3)19-32(26)35)18-30(29)23-10-6-4-8-21(23)27/h4-14,16-19H,15H2,1-3H3. The van der Waals surface area contributed by atoms with Gasteiger partial charge in [-0.15, -0.1) is 0 Å². The van der Waals surface area contributed by atoms with Crippen molar-refractivity contribution in [3.63, 3.8) is 0 Å². The molecule has 0 saturated heterocycles. The summed E-state index contributed by atoms with van der Waals surface area (Å²) in [5, 5.41) is 7.74. The minimum Gasteiger partial charge on any atom is -0.0747 e. The fourth-order valence-corrected chi connectivity index (χ4v) is 7.12. The predicted octanol–water partition coefficient (Wildman–Crippen LogP) is 11.0. The van der Waals surface area contributed by atoms with Crippen LogP contribution >= 0.6 is 31.9 Å². The highest BCUT2D eigenvalue weighted by Crippen LogP contribution is 2.46. The molecule has 5 aromatic rings. The van der Waals surface area contributed by atoms with Gasteiger partial charge < -0.3 is 0 Å². The monoisotopic (exact) mass is 580 g/mol. The zero-order valence-corrected chi connectivity index (χ0v) is 23.3. The Balaban J connectivity index is 1.73. The lowest BCUT2D eigenvalue weighted by molar-refractivity contribution is 0.485. The Labute approximate surface area is 223 Å². The minimum atomic E-state index is 0.165. The van der Waals surface area contributed by atoms with E-state index < -0.39 is 0 Å². The minimum absolute atomic E-state index is 0.165. The highest BCUT2D eigenvalue weighted by molar-refractivity contribution is 9.12. The summed E-state index contributed by atoms with van der Waals surface area (Å²) < 4.78 is 2.31. The Morgan fingerprint density at radius 3 is 1.80 bits per heavy atom. The molecule has 0 fully saturated rings. The number of allylic oxidation sites excluding steroid dienone is 4. The van der Waals surface area contributed by atoms with Crippen molar-refractivity contribution < 1.29 is 0 Å². The summed E-state index contributed by atoms with van der Waals surface area (Å²) in [6, 6.07) is 29.1. The molecule has 0 spiro atoms. The lowest BCUT2D eigenvalue weighted by Crippen LogP contribution is -2.10. The van der Waals surface area contributed by atoms with Crippen molar-refractivity contribution in [3.05, 3.63) is 111 Å². The lowest BCUT2D eigenvalue weighted by atomic mass is 9.81. The maximum Gasteiger partial charge on any atom is 0.0256 e. The number of rotatable bonds is 2. The number of benzene rings is 5. The van der Waals surface area contributed by atoms with E-state index in [1.807, 2.05) is 0 Å². The van der Waals surface area contributed by atoms with E-state index in [4.69, 9.17) is 0 Å². The Morgan fingerprint density at radius 1 is 0.629 bits per heavy atom. The van der Waals surface area contributed by atoms with Crippen LogP contribution in [0.4, 0.5) is 0 Å². The van der Waals surface area contributed by atoms with E-state index in [1.165, 1.54) is 64.6 Å². The van der Waals surface area contributed by atoms with E-state index in [9.17, 15) is 0 Å². The fraction of sp³-hybridized carbons (Fsp3) is 0.152. The number of halogens is 2. The SMILES string of the molecule is Cc1ccc(-c2cc3c4ccccc4c(C4=CCC(C)(C)C=C4Br)cc3c3ccccc23)c(Br)c1. The first-order valence-corrected chi connectivity index (χ1v) is 13.6. The van der Waals surface area contributed by atoms with Gasteiger partial charge in [-0.2, -0.15) is 0 Å². The van der Waals surface area contributed by atoms with Gasteiger partial charge in [-0.1, -0.05) is 119 Å². The molecule has 5 aromatic carbocycles. The summed E-state index contributed by atoms with van der Waals surface area (Å²) in [6.07, 6.45) is 5.79. The molecule has 0 saturated carbocycles. The largest absolute Gasteiger partial charge is 0.0747 e.